The number of hydrogen-bond donors (Lipinski definition) is 1. The maximum absolute atomic E-state index is 13.2. The fourth-order valence-electron chi connectivity index (χ4n) is 4.70. The van der Waals surface area contributed by atoms with Crippen molar-refractivity contribution in [2.24, 2.45) is 0 Å². The fraction of sp³-hybridized carbons (Fsp3) is 0.364. The highest BCUT2D eigenvalue weighted by Gasteiger charge is 2.68. The van der Waals surface area contributed by atoms with Crippen LogP contribution in [-0.4, -0.2) is 68.0 Å². The van der Waals surface area contributed by atoms with Gasteiger partial charge in [-0.25, -0.2) is 4.98 Å². The number of amides is 2. The van der Waals surface area contributed by atoms with Gasteiger partial charge in [0.15, 0.2) is 0 Å². The Labute approximate surface area is 169 Å². The average Bonchev–Trinajstić information content (AvgIpc) is 2.68. The predicted molar refractivity (Wildman–Crippen MR) is 108 cm³/mol. The second kappa shape index (κ2) is 7.40. The number of hydrogen-bond acceptors (Lipinski definition) is 5. The topological polar surface area (TPSA) is 86.6 Å². The van der Waals surface area contributed by atoms with E-state index in [1.165, 1.54) is 25.5 Å². The lowest BCUT2D eigenvalue weighted by atomic mass is 9.60. The minimum absolute atomic E-state index is 0.0165. The van der Waals surface area contributed by atoms with Crippen LogP contribution in [-0.2, 0) is 4.79 Å². The van der Waals surface area contributed by atoms with Crippen LogP contribution in [0.1, 0.15) is 41.4 Å². The molecule has 0 unspecified atom stereocenters. The number of aromatic nitrogens is 2. The number of nitrogens with zero attached hydrogens (tertiary/aromatic N) is 4. The highest BCUT2D eigenvalue weighted by Crippen LogP contribution is 2.54. The summed E-state index contributed by atoms with van der Waals surface area (Å²) in [6.45, 7) is 4.25. The summed E-state index contributed by atoms with van der Waals surface area (Å²) in [5, 5.41) is 10.1. The van der Waals surface area contributed by atoms with Gasteiger partial charge in [-0.2, -0.15) is 0 Å². The van der Waals surface area contributed by atoms with Gasteiger partial charge < -0.3 is 14.9 Å². The van der Waals surface area contributed by atoms with Crippen LogP contribution in [0.15, 0.2) is 48.9 Å². The minimum atomic E-state index is -0.532. The van der Waals surface area contributed by atoms with Gasteiger partial charge in [-0.3, -0.25) is 14.6 Å². The molecule has 0 saturated carbocycles. The molecule has 150 valence electrons. The summed E-state index contributed by atoms with van der Waals surface area (Å²) in [5.74, 6) is -0.331. The summed E-state index contributed by atoms with van der Waals surface area (Å²) in [4.78, 5) is 36.6. The number of aliphatic hydroxyl groups excluding tert-OH is 1. The molecule has 0 radical (unpaired) electrons. The molecule has 7 heteroatoms. The molecule has 1 aromatic carbocycles. The van der Waals surface area contributed by atoms with Crippen molar-refractivity contribution in [2.75, 3.05) is 19.7 Å². The van der Waals surface area contributed by atoms with Gasteiger partial charge >= 0.3 is 0 Å². The SMILES string of the molecule is CC=Cc1ccc([C@@H]2[C@H](CO)N(C(=O)c3cnccn3)C23CN(C(C)=O)C3)cc1. The summed E-state index contributed by atoms with van der Waals surface area (Å²) in [6, 6.07) is 7.79. The Morgan fingerprint density at radius 2 is 1.97 bits per heavy atom. The summed E-state index contributed by atoms with van der Waals surface area (Å²) in [7, 11) is 0. The van der Waals surface area contributed by atoms with Crippen molar-refractivity contribution in [3.05, 3.63) is 65.8 Å². The number of aliphatic hydroxyl groups is 1. The van der Waals surface area contributed by atoms with E-state index in [4.69, 9.17) is 0 Å². The van der Waals surface area contributed by atoms with Gasteiger partial charge in [0.05, 0.1) is 24.4 Å². The average molecular weight is 392 g/mol. The van der Waals surface area contributed by atoms with Crippen LogP contribution in [0.5, 0.6) is 0 Å². The van der Waals surface area contributed by atoms with Gasteiger partial charge in [0.1, 0.15) is 5.69 Å². The highest BCUT2D eigenvalue weighted by atomic mass is 16.3. The van der Waals surface area contributed by atoms with Crippen molar-refractivity contribution in [1.82, 2.24) is 19.8 Å². The number of likely N-dealkylation sites (tertiary alicyclic amines) is 2. The predicted octanol–water partition coefficient (Wildman–Crippen LogP) is 1.71. The lowest BCUT2D eigenvalue weighted by molar-refractivity contribution is -0.177. The van der Waals surface area contributed by atoms with Gasteiger partial charge in [-0.15, -0.1) is 0 Å². The normalized spacial score (nSPS) is 22.4. The zero-order valence-electron chi connectivity index (χ0n) is 16.5. The van der Waals surface area contributed by atoms with Gasteiger partial charge in [0.25, 0.3) is 5.91 Å². The summed E-state index contributed by atoms with van der Waals surface area (Å²) >= 11 is 0. The van der Waals surface area contributed by atoms with Crippen LogP contribution >= 0.6 is 0 Å². The highest BCUT2D eigenvalue weighted by molar-refractivity contribution is 5.94. The third kappa shape index (κ3) is 3.02. The third-order valence-electron chi connectivity index (χ3n) is 5.99. The first-order valence-electron chi connectivity index (χ1n) is 9.70. The van der Waals surface area contributed by atoms with Crippen molar-refractivity contribution >= 4 is 17.9 Å². The zero-order chi connectivity index (χ0) is 20.6. The molecule has 2 atom stereocenters. The Hall–Kier alpha value is -3.06. The van der Waals surface area contributed by atoms with E-state index in [0.717, 1.165) is 11.1 Å². The zero-order valence-corrected chi connectivity index (χ0v) is 16.5. The minimum Gasteiger partial charge on any atom is -0.394 e. The Morgan fingerprint density at radius 1 is 1.24 bits per heavy atom. The quantitative estimate of drug-likeness (QED) is 0.856. The summed E-state index contributed by atoms with van der Waals surface area (Å²) < 4.78 is 0. The van der Waals surface area contributed by atoms with E-state index in [1.807, 2.05) is 43.3 Å². The number of carbonyl (C=O) groups is 2. The molecular weight excluding hydrogens is 368 g/mol. The monoisotopic (exact) mass is 392 g/mol. The third-order valence-corrected chi connectivity index (χ3v) is 5.99. The fourth-order valence-corrected chi connectivity index (χ4v) is 4.70. The molecule has 2 aliphatic rings. The Balaban J connectivity index is 1.69. The molecule has 7 nitrogen and oxygen atoms in total. The van der Waals surface area contributed by atoms with Crippen LogP contribution in [0, 0.1) is 0 Å². The lowest BCUT2D eigenvalue weighted by Crippen LogP contribution is -2.85. The maximum Gasteiger partial charge on any atom is 0.275 e. The van der Waals surface area contributed by atoms with Crippen LogP contribution in [0.2, 0.25) is 0 Å². The molecule has 2 aliphatic heterocycles. The molecule has 0 bridgehead atoms. The number of carbonyl (C=O) groups excluding carboxylic acids is 2. The lowest BCUT2D eigenvalue weighted by Gasteiger charge is -2.70. The Morgan fingerprint density at radius 3 is 2.52 bits per heavy atom. The molecule has 1 N–H and O–H groups in total. The van der Waals surface area contributed by atoms with Crippen molar-refractivity contribution in [3.8, 4) is 0 Å². The first-order valence-corrected chi connectivity index (χ1v) is 9.70. The maximum atomic E-state index is 13.2. The molecule has 29 heavy (non-hydrogen) atoms. The van der Waals surface area contributed by atoms with E-state index in [9.17, 15) is 14.7 Å². The van der Waals surface area contributed by atoms with Crippen molar-refractivity contribution in [2.45, 2.75) is 31.3 Å². The first-order chi connectivity index (χ1) is 14.0. The Bertz CT molecular complexity index is 936. The van der Waals surface area contributed by atoms with Gasteiger partial charge in [0, 0.05) is 38.3 Å². The molecule has 0 aliphatic carbocycles. The van der Waals surface area contributed by atoms with E-state index >= 15 is 0 Å². The molecular formula is C22H24N4O3. The molecule has 2 fully saturated rings. The van der Waals surface area contributed by atoms with Gasteiger partial charge in [0.2, 0.25) is 5.91 Å². The van der Waals surface area contributed by atoms with Gasteiger partial charge in [-0.1, -0.05) is 36.4 Å². The summed E-state index contributed by atoms with van der Waals surface area (Å²) in [5.41, 5.74) is 1.87. The van der Waals surface area contributed by atoms with E-state index in [0.29, 0.717) is 13.1 Å². The van der Waals surface area contributed by atoms with E-state index in [-0.39, 0.29) is 36.1 Å². The Kier molecular flexibility index (Phi) is 4.92. The molecule has 1 spiro atoms. The number of benzene rings is 1. The molecule has 3 heterocycles. The second-order valence-electron chi connectivity index (χ2n) is 7.64. The van der Waals surface area contributed by atoms with Gasteiger partial charge in [-0.05, 0) is 18.1 Å². The van der Waals surface area contributed by atoms with E-state index in [2.05, 4.69) is 9.97 Å². The van der Waals surface area contributed by atoms with E-state index < -0.39 is 5.54 Å². The molecule has 2 amide bonds. The smallest absolute Gasteiger partial charge is 0.275 e. The number of rotatable bonds is 4. The first kappa shape index (κ1) is 19.3. The number of allylic oxidation sites excluding steroid dienone is 1. The summed E-state index contributed by atoms with van der Waals surface area (Å²) in [6.07, 6.45) is 8.43. The van der Waals surface area contributed by atoms with Crippen LogP contribution in [0.25, 0.3) is 6.08 Å². The molecule has 1 aromatic heterocycles. The molecule has 2 saturated heterocycles. The standard InChI is InChI=1S/C22H24N4O3/c1-3-4-16-5-7-17(8-6-16)20-19(12-27)26(21(29)18-11-23-9-10-24-18)22(20)13-25(14-22)15(2)28/h3-11,19-20,27H,12-14H2,1-2H3/t19-,20+/m0/s1. The van der Waals surface area contributed by atoms with Crippen molar-refractivity contribution in [3.63, 3.8) is 0 Å². The van der Waals surface area contributed by atoms with E-state index in [1.54, 1.807) is 9.80 Å². The van der Waals surface area contributed by atoms with Crippen LogP contribution < -0.4 is 0 Å². The largest absolute Gasteiger partial charge is 0.394 e. The molecule has 2 aromatic rings. The second-order valence-corrected chi connectivity index (χ2v) is 7.64. The van der Waals surface area contributed by atoms with Crippen molar-refractivity contribution < 1.29 is 14.7 Å². The van der Waals surface area contributed by atoms with Crippen LogP contribution in [0.4, 0.5) is 0 Å². The van der Waals surface area contributed by atoms with Crippen LogP contribution in [0.3, 0.4) is 0 Å². The van der Waals surface area contributed by atoms with Crippen molar-refractivity contribution in [1.29, 1.82) is 0 Å². The molecule has 4 rings (SSSR count).